The Hall–Kier alpha value is -2.56. The molecule has 0 unspecified atom stereocenters. The highest BCUT2D eigenvalue weighted by molar-refractivity contribution is 6.02. The van der Waals surface area contributed by atoms with Crippen molar-refractivity contribution in [2.24, 2.45) is 0 Å². The van der Waals surface area contributed by atoms with Gasteiger partial charge in [-0.05, 0) is 63.1 Å². The maximum absolute atomic E-state index is 13.5. The summed E-state index contributed by atoms with van der Waals surface area (Å²) in [6.07, 6.45) is 9.98. The number of rotatable bonds is 4. The van der Waals surface area contributed by atoms with Gasteiger partial charge in [0, 0.05) is 42.4 Å². The molecule has 27 heavy (non-hydrogen) atoms. The van der Waals surface area contributed by atoms with Crippen molar-refractivity contribution in [1.29, 1.82) is 0 Å². The topological polar surface area (TPSA) is 53.9 Å². The van der Waals surface area contributed by atoms with Crippen molar-refractivity contribution in [1.82, 2.24) is 19.4 Å². The van der Waals surface area contributed by atoms with Crippen molar-refractivity contribution in [2.75, 3.05) is 6.54 Å². The number of carbonyl (C=O) groups excluding carboxylic acids is 1. The van der Waals surface area contributed by atoms with Crippen LogP contribution in [0, 0.1) is 20.8 Å². The van der Waals surface area contributed by atoms with Crippen LogP contribution in [-0.2, 0) is 6.54 Å². The van der Waals surface area contributed by atoms with E-state index in [4.69, 9.17) is 0 Å². The van der Waals surface area contributed by atoms with Gasteiger partial charge in [-0.3, -0.25) is 4.79 Å². The van der Waals surface area contributed by atoms with Crippen molar-refractivity contribution in [2.45, 2.75) is 59.0 Å². The Labute approximate surface area is 160 Å². The number of nitrogens with one attached hydrogen (secondary N) is 1. The molecular weight excluding hydrogens is 336 g/mol. The van der Waals surface area contributed by atoms with Crippen LogP contribution in [0.3, 0.4) is 0 Å². The first-order valence-corrected chi connectivity index (χ1v) is 9.91. The van der Waals surface area contributed by atoms with Gasteiger partial charge in [-0.25, -0.2) is 4.98 Å². The molecular formula is C22H28N4O. The number of aryl methyl sites for hydroxylation is 4. The van der Waals surface area contributed by atoms with Crippen LogP contribution in [0.4, 0.5) is 0 Å². The summed E-state index contributed by atoms with van der Waals surface area (Å²) in [7, 11) is 0. The molecule has 5 heteroatoms. The second kappa shape index (κ2) is 7.22. The molecule has 1 saturated heterocycles. The third kappa shape index (κ3) is 3.27. The number of aromatic amines is 1. The first-order valence-electron chi connectivity index (χ1n) is 9.91. The lowest BCUT2D eigenvalue weighted by Gasteiger charge is -2.36. The number of piperidine rings is 1. The molecule has 0 radical (unpaired) electrons. The highest BCUT2D eigenvalue weighted by atomic mass is 16.2. The smallest absolute Gasteiger partial charge is 0.270 e. The average molecular weight is 364 g/mol. The van der Waals surface area contributed by atoms with Gasteiger partial charge in [-0.15, -0.1) is 0 Å². The molecule has 3 aromatic rings. The Morgan fingerprint density at radius 1 is 1.22 bits per heavy atom. The van der Waals surface area contributed by atoms with Crippen LogP contribution in [0.2, 0.25) is 0 Å². The largest absolute Gasteiger partial charge is 0.350 e. The van der Waals surface area contributed by atoms with E-state index in [1.807, 2.05) is 18.7 Å². The normalized spacial score (nSPS) is 17.6. The molecule has 3 heterocycles. The fourth-order valence-corrected chi connectivity index (χ4v) is 4.44. The number of amides is 1. The van der Waals surface area contributed by atoms with Gasteiger partial charge in [-0.2, -0.15) is 0 Å². The summed E-state index contributed by atoms with van der Waals surface area (Å²) in [5.74, 6) is 0.151. The van der Waals surface area contributed by atoms with Gasteiger partial charge in [-0.1, -0.05) is 12.1 Å². The van der Waals surface area contributed by atoms with E-state index < -0.39 is 0 Å². The summed E-state index contributed by atoms with van der Waals surface area (Å²) in [6, 6.07) is 4.56. The number of hydrogen-bond donors (Lipinski definition) is 1. The van der Waals surface area contributed by atoms with E-state index in [1.54, 1.807) is 0 Å². The summed E-state index contributed by atoms with van der Waals surface area (Å²) < 4.78 is 2.10. The zero-order valence-electron chi connectivity index (χ0n) is 16.5. The molecule has 5 nitrogen and oxygen atoms in total. The van der Waals surface area contributed by atoms with E-state index in [2.05, 4.69) is 52.3 Å². The molecule has 1 aliphatic rings. The Morgan fingerprint density at radius 2 is 2.04 bits per heavy atom. The minimum Gasteiger partial charge on any atom is -0.350 e. The molecule has 0 saturated carbocycles. The first kappa shape index (κ1) is 17.8. The van der Waals surface area contributed by atoms with E-state index in [0.29, 0.717) is 6.04 Å². The third-order valence-corrected chi connectivity index (χ3v) is 6.00. The molecule has 4 rings (SSSR count). The first-order chi connectivity index (χ1) is 13.1. The van der Waals surface area contributed by atoms with Gasteiger partial charge in [0.25, 0.3) is 5.91 Å². The molecule has 1 N–H and O–H groups in total. The lowest BCUT2D eigenvalue weighted by atomic mass is 9.98. The minimum absolute atomic E-state index is 0.151. The van der Waals surface area contributed by atoms with Crippen LogP contribution in [0.5, 0.6) is 0 Å². The second-order valence-corrected chi connectivity index (χ2v) is 7.81. The lowest BCUT2D eigenvalue weighted by molar-refractivity contribution is 0.0589. The summed E-state index contributed by atoms with van der Waals surface area (Å²) >= 11 is 0. The van der Waals surface area contributed by atoms with E-state index in [9.17, 15) is 4.79 Å². The molecule has 142 valence electrons. The predicted molar refractivity (Wildman–Crippen MR) is 108 cm³/mol. The summed E-state index contributed by atoms with van der Waals surface area (Å²) in [4.78, 5) is 23.1. The van der Waals surface area contributed by atoms with Crippen LogP contribution in [0.1, 0.15) is 52.9 Å². The zero-order valence-corrected chi connectivity index (χ0v) is 16.5. The summed E-state index contributed by atoms with van der Waals surface area (Å²) in [5.41, 5.74) is 5.35. The highest BCUT2D eigenvalue weighted by Crippen LogP contribution is 2.30. The quantitative estimate of drug-likeness (QED) is 0.747. The van der Waals surface area contributed by atoms with Crippen LogP contribution < -0.4 is 0 Å². The van der Waals surface area contributed by atoms with E-state index in [0.717, 1.165) is 49.1 Å². The van der Waals surface area contributed by atoms with Crippen molar-refractivity contribution in [3.63, 3.8) is 0 Å². The van der Waals surface area contributed by atoms with E-state index in [1.165, 1.54) is 22.9 Å². The van der Waals surface area contributed by atoms with Gasteiger partial charge in [0.2, 0.25) is 0 Å². The van der Waals surface area contributed by atoms with E-state index >= 15 is 0 Å². The average Bonchev–Trinajstić information content (AvgIpc) is 3.31. The van der Waals surface area contributed by atoms with Crippen molar-refractivity contribution >= 4 is 16.8 Å². The fourth-order valence-electron chi connectivity index (χ4n) is 4.44. The number of imidazole rings is 1. The number of benzene rings is 1. The van der Waals surface area contributed by atoms with Gasteiger partial charge in [0.1, 0.15) is 5.69 Å². The Bertz CT molecular complexity index is 955. The number of likely N-dealkylation sites (tertiary alicyclic amines) is 1. The Morgan fingerprint density at radius 3 is 2.78 bits per heavy atom. The molecule has 2 aromatic heterocycles. The number of nitrogens with zero attached hydrogens (tertiary/aromatic N) is 3. The van der Waals surface area contributed by atoms with Crippen LogP contribution >= 0.6 is 0 Å². The number of carbonyl (C=O) groups is 1. The number of H-pyrrole nitrogens is 1. The van der Waals surface area contributed by atoms with Crippen molar-refractivity contribution in [3.05, 3.63) is 53.2 Å². The number of aromatic nitrogens is 3. The molecule has 0 spiro atoms. The molecule has 1 aliphatic heterocycles. The predicted octanol–water partition coefficient (Wildman–Crippen LogP) is 4.37. The van der Waals surface area contributed by atoms with Gasteiger partial charge >= 0.3 is 0 Å². The maximum atomic E-state index is 13.5. The standard InChI is InChI=1S/C22H28N4O/c1-15-7-8-16(2)20-19(15)17(3)21(24-20)22(27)26-11-5-4-6-18(26)9-12-25-13-10-23-14-25/h7-8,10,13-14,18,24H,4-6,9,11-12H2,1-3H3/t18-/m0/s1. The van der Waals surface area contributed by atoms with Crippen LogP contribution in [-0.4, -0.2) is 37.9 Å². The maximum Gasteiger partial charge on any atom is 0.270 e. The van der Waals surface area contributed by atoms with Crippen LogP contribution in [0.25, 0.3) is 10.9 Å². The van der Waals surface area contributed by atoms with Gasteiger partial charge in [0.15, 0.2) is 0 Å². The lowest BCUT2D eigenvalue weighted by Crippen LogP contribution is -2.44. The molecule has 0 aliphatic carbocycles. The highest BCUT2D eigenvalue weighted by Gasteiger charge is 2.29. The third-order valence-electron chi connectivity index (χ3n) is 6.00. The molecule has 0 bridgehead atoms. The second-order valence-electron chi connectivity index (χ2n) is 7.81. The number of hydrogen-bond acceptors (Lipinski definition) is 2. The summed E-state index contributed by atoms with van der Waals surface area (Å²) in [6.45, 7) is 8.04. The Kier molecular flexibility index (Phi) is 4.77. The van der Waals surface area contributed by atoms with Crippen molar-refractivity contribution in [3.8, 4) is 0 Å². The molecule has 1 fully saturated rings. The van der Waals surface area contributed by atoms with E-state index in [-0.39, 0.29) is 5.91 Å². The van der Waals surface area contributed by atoms with Gasteiger partial charge in [0.05, 0.1) is 6.33 Å². The molecule has 1 aromatic carbocycles. The monoisotopic (exact) mass is 364 g/mol. The number of fused-ring (bicyclic) bond motifs is 1. The van der Waals surface area contributed by atoms with Crippen molar-refractivity contribution < 1.29 is 4.79 Å². The molecule has 1 atom stereocenters. The van der Waals surface area contributed by atoms with Crippen LogP contribution in [0.15, 0.2) is 30.9 Å². The molecule has 1 amide bonds. The Balaban J connectivity index is 1.62. The zero-order chi connectivity index (χ0) is 19.0. The van der Waals surface area contributed by atoms with Gasteiger partial charge < -0.3 is 14.5 Å². The fraction of sp³-hybridized carbons (Fsp3) is 0.455. The SMILES string of the molecule is Cc1ccc(C)c2c(C)c(C(=O)N3CCCC[C@H]3CCn3ccnc3)[nH]c12. The summed E-state index contributed by atoms with van der Waals surface area (Å²) in [5, 5.41) is 1.20. The minimum atomic E-state index is 0.151.